The molecule has 0 aliphatic carbocycles. The van der Waals surface area contributed by atoms with Crippen LogP contribution in [0.1, 0.15) is 49.5 Å². The number of aromatic nitrogens is 1. The number of para-hydroxylation sites is 1. The number of fused-ring (bicyclic) bond motifs is 1. The van der Waals surface area contributed by atoms with E-state index >= 15 is 0 Å². The number of nitrogens with one attached hydrogen (secondary N) is 2. The fourth-order valence-corrected chi connectivity index (χ4v) is 4.20. The molecule has 28 heavy (non-hydrogen) atoms. The molecule has 0 saturated carbocycles. The number of carbonyl (C=O) groups is 1. The third-order valence-electron chi connectivity index (χ3n) is 5.72. The molecule has 2 N–H and O–H groups in total. The maximum Gasteiger partial charge on any atom is 0.220 e. The molecule has 148 valence electrons. The number of aromatic amines is 1. The van der Waals surface area contributed by atoms with Gasteiger partial charge >= 0.3 is 0 Å². The predicted octanol–water partition coefficient (Wildman–Crippen LogP) is 4.43. The van der Waals surface area contributed by atoms with E-state index in [0.717, 1.165) is 37.2 Å². The molecule has 0 radical (unpaired) electrons. The number of amides is 1. The summed E-state index contributed by atoms with van der Waals surface area (Å²) in [6.07, 6.45) is 9.81. The molecule has 0 bridgehead atoms. The predicted molar refractivity (Wildman–Crippen MR) is 111 cm³/mol. The van der Waals surface area contributed by atoms with E-state index in [9.17, 15) is 4.79 Å². The number of nitrogens with zero attached hydrogens (tertiary/aromatic N) is 1. The minimum Gasteiger partial charge on any atom is -0.468 e. The van der Waals surface area contributed by atoms with Crippen LogP contribution in [0.25, 0.3) is 10.9 Å². The minimum atomic E-state index is 0.119. The Morgan fingerprint density at radius 1 is 1.14 bits per heavy atom. The van der Waals surface area contributed by atoms with Crippen LogP contribution in [0.5, 0.6) is 0 Å². The molecular weight excluding hydrogens is 350 g/mol. The van der Waals surface area contributed by atoms with Gasteiger partial charge in [0, 0.05) is 30.1 Å². The lowest BCUT2D eigenvalue weighted by molar-refractivity contribution is -0.121. The van der Waals surface area contributed by atoms with Crippen LogP contribution in [0.15, 0.2) is 53.3 Å². The zero-order valence-corrected chi connectivity index (χ0v) is 16.3. The quantitative estimate of drug-likeness (QED) is 0.609. The summed E-state index contributed by atoms with van der Waals surface area (Å²) in [6, 6.07) is 12.4. The summed E-state index contributed by atoms with van der Waals surface area (Å²) in [7, 11) is 0. The van der Waals surface area contributed by atoms with E-state index in [4.69, 9.17) is 4.42 Å². The lowest BCUT2D eigenvalue weighted by Crippen LogP contribution is -2.40. The van der Waals surface area contributed by atoms with Crippen molar-refractivity contribution < 1.29 is 9.21 Å². The first-order valence-electron chi connectivity index (χ1n) is 10.4. The highest BCUT2D eigenvalue weighted by molar-refractivity contribution is 5.83. The average Bonchev–Trinajstić information content (AvgIpc) is 3.40. The van der Waals surface area contributed by atoms with Crippen LogP contribution in [0.3, 0.4) is 0 Å². The summed E-state index contributed by atoms with van der Waals surface area (Å²) in [4.78, 5) is 18.2. The molecule has 1 aromatic carbocycles. The SMILES string of the molecule is O=C(CCCc1c[nH]c2ccccc12)NCC(c1ccco1)N1CCCCC1. The second-order valence-corrected chi connectivity index (χ2v) is 7.64. The molecule has 1 unspecified atom stereocenters. The summed E-state index contributed by atoms with van der Waals surface area (Å²) in [5, 5.41) is 4.39. The first-order valence-corrected chi connectivity index (χ1v) is 10.4. The Kier molecular flexibility index (Phi) is 6.12. The van der Waals surface area contributed by atoms with Crippen molar-refractivity contribution in [3.05, 3.63) is 60.2 Å². The van der Waals surface area contributed by atoms with E-state index in [0.29, 0.717) is 13.0 Å². The molecule has 3 aromatic rings. The van der Waals surface area contributed by atoms with E-state index in [2.05, 4.69) is 39.6 Å². The summed E-state index contributed by atoms with van der Waals surface area (Å²) < 4.78 is 5.66. The number of aryl methyl sites for hydroxylation is 1. The van der Waals surface area contributed by atoms with Crippen LogP contribution in [0, 0.1) is 0 Å². The number of carbonyl (C=O) groups excluding carboxylic acids is 1. The highest BCUT2D eigenvalue weighted by Gasteiger charge is 2.24. The Morgan fingerprint density at radius 3 is 2.82 bits per heavy atom. The van der Waals surface area contributed by atoms with Crippen LogP contribution in [0.4, 0.5) is 0 Å². The average molecular weight is 380 g/mol. The first kappa shape index (κ1) is 18.8. The number of rotatable bonds is 8. The summed E-state index contributed by atoms with van der Waals surface area (Å²) in [5.74, 6) is 1.06. The van der Waals surface area contributed by atoms with Crippen molar-refractivity contribution in [1.29, 1.82) is 0 Å². The van der Waals surface area contributed by atoms with Gasteiger partial charge in [-0.15, -0.1) is 0 Å². The number of hydrogen-bond donors (Lipinski definition) is 2. The third kappa shape index (κ3) is 4.47. The van der Waals surface area contributed by atoms with Gasteiger partial charge in [-0.25, -0.2) is 0 Å². The van der Waals surface area contributed by atoms with Gasteiger partial charge in [-0.3, -0.25) is 9.69 Å². The Hall–Kier alpha value is -2.53. The van der Waals surface area contributed by atoms with E-state index < -0.39 is 0 Å². The smallest absolute Gasteiger partial charge is 0.220 e. The van der Waals surface area contributed by atoms with E-state index in [1.807, 2.05) is 18.2 Å². The van der Waals surface area contributed by atoms with Crippen molar-refractivity contribution in [2.24, 2.45) is 0 Å². The molecule has 3 heterocycles. The van der Waals surface area contributed by atoms with Gasteiger partial charge in [-0.2, -0.15) is 0 Å². The Balaban J connectivity index is 1.27. The maximum atomic E-state index is 12.4. The molecule has 5 nitrogen and oxygen atoms in total. The Morgan fingerprint density at radius 2 is 2.00 bits per heavy atom. The molecule has 1 amide bonds. The van der Waals surface area contributed by atoms with Gasteiger partial charge in [0.05, 0.1) is 12.3 Å². The van der Waals surface area contributed by atoms with Gasteiger partial charge in [0.15, 0.2) is 0 Å². The van der Waals surface area contributed by atoms with Crippen molar-refractivity contribution in [1.82, 2.24) is 15.2 Å². The van der Waals surface area contributed by atoms with E-state index in [1.165, 1.54) is 30.2 Å². The van der Waals surface area contributed by atoms with Crippen molar-refractivity contribution >= 4 is 16.8 Å². The first-order chi connectivity index (χ1) is 13.8. The molecule has 2 aromatic heterocycles. The summed E-state index contributed by atoms with van der Waals surface area (Å²) >= 11 is 0. The second-order valence-electron chi connectivity index (χ2n) is 7.64. The van der Waals surface area contributed by atoms with Crippen molar-refractivity contribution in [3.63, 3.8) is 0 Å². The van der Waals surface area contributed by atoms with Crippen LogP contribution >= 0.6 is 0 Å². The highest BCUT2D eigenvalue weighted by Crippen LogP contribution is 2.24. The third-order valence-corrected chi connectivity index (χ3v) is 5.72. The molecule has 1 atom stereocenters. The number of piperidine rings is 1. The zero-order valence-electron chi connectivity index (χ0n) is 16.3. The molecule has 0 spiro atoms. The Bertz CT molecular complexity index is 878. The second kappa shape index (κ2) is 9.11. The van der Waals surface area contributed by atoms with Crippen molar-refractivity contribution in [3.8, 4) is 0 Å². The number of furan rings is 1. The normalized spacial score (nSPS) is 16.3. The van der Waals surface area contributed by atoms with Gasteiger partial charge < -0.3 is 14.7 Å². The fourth-order valence-electron chi connectivity index (χ4n) is 4.20. The van der Waals surface area contributed by atoms with Gasteiger partial charge in [-0.1, -0.05) is 24.6 Å². The number of H-pyrrole nitrogens is 1. The summed E-state index contributed by atoms with van der Waals surface area (Å²) in [6.45, 7) is 2.75. The molecular formula is C23H29N3O2. The molecule has 1 fully saturated rings. The number of likely N-dealkylation sites (tertiary alicyclic amines) is 1. The Labute approximate surface area is 166 Å². The van der Waals surface area contributed by atoms with Crippen LogP contribution in [0.2, 0.25) is 0 Å². The van der Waals surface area contributed by atoms with Gasteiger partial charge in [0.1, 0.15) is 5.76 Å². The monoisotopic (exact) mass is 379 g/mol. The number of benzene rings is 1. The highest BCUT2D eigenvalue weighted by atomic mass is 16.3. The lowest BCUT2D eigenvalue weighted by atomic mass is 10.1. The molecule has 1 aliphatic heterocycles. The minimum absolute atomic E-state index is 0.119. The van der Waals surface area contributed by atoms with Crippen molar-refractivity contribution in [2.45, 2.75) is 44.6 Å². The molecule has 1 saturated heterocycles. The van der Waals surface area contributed by atoms with Gasteiger partial charge in [0.25, 0.3) is 0 Å². The molecule has 5 heteroatoms. The van der Waals surface area contributed by atoms with Crippen molar-refractivity contribution in [2.75, 3.05) is 19.6 Å². The maximum absolute atomic E-state index is 12.4. The lowest BCUT2D eigenvalue weighted by Gasteiger charge is -2.33. The van der Waals surface area contributed by atoms with Gasteiger partial charge in [0.2, 0.25) is 5.91 Å². The standard InChI is InChI=1S/C23H29N3O2/c27-23(12-6-8-18-16-24-20-10-3-2-9-19(18)20)25-17-21(22-11-7-15-28-22)26-13-4-1-5-14-26/h2-3,7,9-11,15-16,21,24H,1,4-6,8,12-14,17H2,(H,25,27). The number of hydrogen-bond acceptors (Lipinski definition) is 3. The fraction of sp³-hybridized carbons (Fsp3) is 0.435. The summed E-state index contributed by atoms with van der Waals surface area (Å²) in [5.41, 5.74) is 2.44. The van der Waals surface area contributed by atoms with Crippen LogP contribution in [-0.4, -0.2) is 35.4 Å². The van der Waals surface area contributed by atoms with E-state index in [-0.39, 0.29) is 11.9 Å². The van der Waals surface area contributed by atoms with Crippen LogP contribution < -0.4 is 5.32 Å². The zero-order chi connectivity index (χ0) is 19.2. The van der Waals surface area contributed by atoms with Gasteiger partial charge in [-0.05, 0) is 62.5 Å². The molecule has 1 aliphatic rings. The van der Waals surface area contributed by atoms with Crippen LogP contribution in [-0.2, 0) is 11.2 Å². The van der Waals surface area contributed by atoms with E-state index in [1.54, 1.807) is 6.26 Å². The molecule has 4 rings (SSSR count). The topological polar surface area (TPSA) is 61.3 Å². The largest absolute Gasteiger partial charge is 0.468 e.